The Bertz CT molecular complexity index is 1010. The first kappa shape index (κ1) is 19.2. The third kappa shape index (κ3) is 4.20. The molecule has 3 aliphatic rings. The first-order valence-electron chi connectivity index (χ1n) is 11.2. The normalized spacial score (nSPS) is 22.3. The second-order valence-corrected chi connectivity index (χ2v) is 8.77. The molecule has 0 radical (unpaired) electrons. The number of H-pyrrole nitrogens is 1. The maximum atomic E-state index is 12.6. The molecule has 2 aromatic rings. The van der Waals surface area contributed by atoms with Crippen molar-refractivity contribution in [1.82, 2.24) is 10.3 Å². The second kappa shape index (κ2) is 8.13. The number of benzene rings is 1. The zero-order valence-electron chi connectivity index (χ0n) is 17.2. The maximum absolute atomic E-state index is 12.6. The molecule has 0 bridgehead atoms. The molecule has 1 atom stereocenters. The van der Waals surface area contributed by atoms with E-state index >= 15 is 0 Å². The summed E-state index contributed by atoms with van der Waals surface area (Å²) >= 11 is 0. The molecule has 1 aromatic carbocycles. The molecule has 156 valence electrons. The number of nitrogens with one attached hydrogen (secondary N) is 2. The van der Waals surface area contributed by atoms with Crippen LogP contribution < -0.4 is 15.6 Å². The van der Waals surface area contributed by atoms with Crippen LogP contribution in [-0.4, -0.2) is 23.0 Å². The molecule has 5 rings (SSSR count). The molecule has 5 heteroatoms. The minimum Gasteiger partial charge on any atom is -0.490 e. The number of carbonyl (C=O) groups excluding carboxylic acids is 1. The summed E-state index contributed by atoms with van der Waals surface area (Å²) in [5.41, 5.74) is 3.61. The molecular weight excluding hydrogens is 376 g/mol. The Labute approximate surface area is 176 Å². The van der Waals surface area contributed by atoms with Crippen LogP contribution in [0.15, 0.2) is 47.3 Å². The Hall–Kier alpha value is -2.82. The summed E-state index contributed by atoms with van der Waals surface area (Å²) < 4.78 is 6.10. The second-order valence-electron chi connectivity index (χ2n) is 8.77. The monoisotopic (exact) mass is 404 g/mol. The van der Waals surface area contributed by atoms with E-state index in [1.165, 1.54) is 12.8 Å². The van der Waals surface area contributed by atoms with E-state index in [2.05, 4.69) is 16.4 Å². The van der Waals surface area contributed by atoms with Gasteiger partial charge in [0, 0.05) is 29.3 Å². The van der Waals surface area contributed by atoms with Gasteiger partial charge in [0.1, 0.15) is 5.75 Å². The predicted octanol–water partition coefficient (Wildman–Crippen LogP) is 4.28. The molecule has 1 aliphatic heterocycles. The summed E-state index contributed by atoms with van der Waals surface area (Å²) in [5, 5.41) is 3.01. The third-order valence-corrected chi connectivity index (χ3v) is 6.41. The molecule has 30 heavy (non-hydrogen) atoms. The average Bonchev–Trinajstić information content (AvgIpc) is 3.30. The lowest BCUT2D eigenvalue weighted by molar-refractivity contribution is -0.119. The molecule has 0 spiro atoms. The lowest BCUT2D eigenvalue weighted by atomic mass is 9.98. The standard InChI is InChI=1S/C25H28N2O3/c28-24-14-9-18(26-24)15-22(23-13-12-21(16-5-6-16)25(29)27-23)17-7-10-20(11-8-17)30-19-3-1-2-4-19/h7-8,10-13,15-16,18-19H,1-6,9,14H2,(H,26,28)(H,27,29)/t18-/m1/s1. The summed E-state index contributed by atoms with van der Waals surface area (Å²) in [4.78, 5) is 27.4. The van der Waals surface area contributed by atoms with E-state index in [9.17, 15) is 9.59 Å². The SMILES string of the molecule is O=C1CC[C@H](C=C(c2ccc(OC3CCCC3)cc2)c2ccc(C3CC3)c(=O)[nH]2)N1. The number of carbonyl (C=O) groups is 1. The van der Waals surface area contributed by atoms with Crippen LogP contribution in [0.2, 0.25) is 0 Å². The van der Waals surface area contributed by atoms with Crippen molar-refractivity contribution in [3.8, 4) is 5.75 Å². The van der Waals surface area contributed by atoms with Crippen LogP contribution >= 0.6 is 0 Å². The van der Waals surface area contributed by atoms with E-state index in [4.69, 9.17) is 4.74 Å². The van der Waals surface area contributed by atoms with Crippen molar-refractivity contribution in [2.45, 2.75) is 69.4 Å². The minimum absolute atomic E-state index is 0.00227. The Balaban J connectivity index is 1.45. The molecule has 2 aliphatic carbocycles. The number of amides is 1. The van der Waals surface area contributed by atoms with Crippen molar-refractivity contribution in [2.24, 2.45) is 0 Å². The molecule has 1 aromatic heterocycles. The largest absolute Gasteiger partial charge is 0.490 e. The number of ether oxygens (including phenoxy) is 1. The number of hydrogen-bond acceptors (Lipinski definition) is 3. The van der Waals surface area contributed by atoms with Crippen molar-refractivity contribution in [1.29, 1.82) is 0 Å². The summed E-state index contributed by atoms with van der Waals surface area (Å²) in [7, 11) is 0. The Morgan fingerprint density at radius 1 is 0.933 bits per heavy atom. The lowest BCUT2D eigenvalue weighted by Crippen LogP contribution is -2.23. The number of rotatable bonds is 6. The van der Waals surface area contributed by atoms with E-state index < -0.39 is 0 Å². The van der Waals surface area contributed by atoms with E-state index in [-0.39, 0.29) is 17.5 Å². The highest BCUT2D eigenvalue weighted by atomic mass is 16.5. The molecular formula is C25H28N2O3. The van der Waals surface area contributed by atoms with Crippen LogP contribution in [0, 0.1) is 0 Å². The summed E-state index contributed by atoms with van der Waals surface area (Å²) in [5.74, 6) is 1.38. The van der Waals surface area contributed by atoms with E-state index in [1.807, 2.05) is 36.4 Å². The summed E-state index contributed by atoms with van der Waals surface area (Å²) in [6, 6.07) is 12.0. The maximum Gasteiger partial charge on any atom is 0.251 e. The minimum atomic E-state index is -0.0199. The van der Waals surface area contributed by atoms with Crippen molar-refractivity contribution in [2.75, 3.05) is 0 Å². The van der Waals surface area contributed by atoms with Crippen molar-refractivity contribution in [3.05, 3.63) is 69.6 Å². The summed E-state index contributed by atoms with van der Waals surface area (Å²) in [6.45, 7) is 0. The third-order valence-electron chi connectivity index (χ3n) is 6.41. The van der Waals surface area contributed by atoms with Crippen LogP contribution in [0.1, 0.15) is 74.1 Å². The van der Waals surface area contributed by atoms with Gasteiger partial charge < -0.3 is 15.0 Å². The highest BCUT2D eigenvalue weighted by molar-refractivity contribution is 5.82. The number of pyridine rings is 1. The van der Waals surface area contributed by atoms with Gasteiger partial charge in [-0.2, -0.15) is 0 Å². The van der Waals surface area contributed by atoms with Crippen LogP contribution in [0.5, 0.6) is 5.75 Å². The van der Waals surface area contributed by atoms with Gasteiger partial charge in [0.25, 0.3) is 5.56 Å². The first-order valence-corrected chi connectivity index (χ1v) is 11.2. The van der Waals surface area contributed by atoms with Crippen LogP contribution in [0.4, 0.5) is 0 Å². The average molecular weight is 405 g/mol. The van der Waals surface area contributed by atoms with Crippen molar-refractivity contribution < 1.29 is 9.53 Å². The Morgan fingerprint density at radius 3 is 2.33 bits per heavy atom. The van der Waals surface area contributed by atoms with E-state index in [0.29, 0.717) is 18.4 Å². The van der Waals surface area contributed by atoms with Gasteiger partial charge in [-0.25, -0.2) is 0 Å². The highest BCUT2D eigenvalue weighted by Gasteiger charge is 2.27. The van der Waals surface area contributed by atoms with Crippen LogP contribution in [0.3, 0.4) is 0 Å². The van der Waals surface area contributed by atoms with E-state index in [1.54, 1.807) is 0 Å². The number of hydrogen-bond donors (Lipinski definition) is 2. The number of aromatic amines is 1. The van der Waals surface area contributed by atoms with Gasteiger partial charge in [0.2, 0.25) is 5.91 Å². The molecule has 2 saturated carbocycles. The fourth-order valence-corrected chi connectivity index (χ4v) is 4.58. The van der Waals surface area contributed by atoms with Gasteiger partial charge in [0.05, 0.1) is 6.10 Å². The van der Waals surface area contributed by atoms with Gasteiger partial charge in [0.15, 0.2) is 0 Å². The zero-order valence-corrected chi connectivity index (χ0v) is 17.2. The smallest absolute Gasteiger partial charge is 0.251 e. The van der Waals surface area contributed by atoms with Gasteiger partial charge in [-0.3, -0.25) is 9.59 Å². The molecule has 0 unspecified atom stereocenters. The number of aromatic nitrogens is 1. The van der Waals surface area contributed by atoms with E-state index in [0.717, 1.165) is 60.2 Å². The van der Waals surface area contributed by atoms with Crippen LogP contribution in [-0.2, 0) is 4.79 Å². The lowest BCUT2D eigenvalue weighted by Gasteiger charge is -2.15. The van der Waals surface area contributed by atoms with Crippen molar-refractivity contribution in [3.63, 3.8) is 0 Å². The predicted molar refractivity (Wildman–Crippen MR) is 117 cm³/mol. The van der Waals surface area contributed by atoms with Gasteiger partial charge in [-0.15, -0.1) is 0 Å². The fraction of sp³-hybridized carbons (Fsp3) is 0.440. The van der Waals surface area contributed by atoms with Gasteiger partial charge >= 0.3 is 0 Å². The van der Waals surface area contributed by atoms with Gasteiger partial charge in [-0.1, -0.05) is 24.3 Å². The molecule has 2 N–H and O–H groups in total. The molecule has 1 saturated heterocycles. The molecule has 5 nitrogen and oxygen atoms in total. The Kier molecular flexibility index (Phi) is 5.19. The zero-order chi connectivity index (χ0) is 20.5. The van der Waals surface area contributed by atoms with Crippen LogP contribution in [0.25, 0.3) is 5.57 Å². The first-order chi connectivity index (χ1) is 14.7. The fourth-order valence-electron chi connectivity index (χ4n) is 4.58. The topological polar surface area (TPSA) is 71.2 Å². The van der Waals surface area contributed by atoms with Gasteiger partial charge in [-0.05, 0) is 74.6 Å². The van der Waals surface area contributed by atoms with Crippen molar-refractivity contribution >= 4 is 11.5 Å². The molecule has 3 fully saturated rings. The summed E-state index contributed by atoms with van der Waals surface area (Å²) in [6.07, 6.45) is 10.6. The molecule has 1 amide bonds. The highest BCUT2D eigenvalue weighted by Crippen LogP contribution is 2.38. The molecule has 2 heterocycles. The quantitative estimate of drug-likeness (QED) is 0.755. The Morgan fingerprint density at radius 2 is 1.70 bits per heavy atom.